The summed E-state index contributed by atoms with van der Waals surface area (Å²) < 4.78 is 37.9. The molecule has 10 nitrogen and oxygen atoms in total. The maximum atomic E-state index is 12.6. The number of ether oxygens (including phenoxy) is 1. The molecule has 0 aliphatic carbocycles. The van der Waals surface area contributed by atoms with Gasteiger partial charge in [-0.05, 0) is 18.9 Å². The summed E-state index contributed by atoms with van der Waals surface area (Å²) in [5.41, 5.74) is 0.0765. The van der Waals surface area contributed by atoms with Gasteiger partial charge in [0.15, 0.2) is 0 Å². The van der Waals surface area contributed by atoms with Crippen LogP contribution in [0, 0.1) is 0 Å². The third-order valence-corrected chi connectivity index (χ3v) is 4.96. The standard InChI is InChI=1S/C17H20N6O2.C2HF3O2/c24-15(14-10-18-6-7-19-14)23-8-1-3-17(12-23)9-13(11-25-17)22-16-20-4-2-5-21-16;3-2(4,5)1(6)7/h2,4-7,10,13H,1,3,8-9,11-12H2,(H,20,21,22);(H,6,7). The zero-order chi connectivity index (χ0) is 23.2. The molecule has 0 bridgehead atoms. The number of carbonyl (C=O) groups excluding carboxylic acids is 1. The second-order valence-electron chi connectivity index (χ2n) is 7.34. The van der Waals surface area contributed by atoms with Gasteiger partial charge in [0, 0.05) is 37.8 Å². The smallest absolute Gasteiger partial charge is 0.475 e. The molecule has 2 aromatic heterocycles. The lowest BCUT2D eigenvalue weighted by Gasteiger charge is -2.39. The molecule has 2 saturated heterocycles. The Morgan fingerprint density at radius 2 is 1.91 bits per heavy atom. The molecule has 2 aromatic rings. The number of carboxylic acid groups (broad SMARTS) is 1. The lowest BCUT2D eigenvalue weighted by Crippen LogP contribution is -2.50. The van der Waals surface area contributed by atoms with Crippen LogP contribution in [0.2, 0.25) is 0 Å². The van der Waals surface area contributed by atoms with Crippen LogP contribution >= 0.6 is 0 Å². The van der Waals surface area contributed by atoms with Crippen LogP contribution in [0.3, 0.4) is 0 Å². The number of hydrogen-bond donors (Lipinski definition) is 2. The fraction of sp³-hybridized carbons (Fsp3) is 0.474. The van der Waals surface area contributed by atoms with Gasteiger partial charge in [-0.15, -0.1) is 0 Å². The Kier molecular flexibility index (Phi) is 7.18. The van der Waals surface area contributed by atoms with Gasteiger partial charge in [-0.3, -0.25) is 9.78 Å². The van der Waals surface area contributed by atoms with Crippen molar-refractivity contribution < 1.29 is 32.6 Å². The number of aromatic nitrogens is 4. The lowest BCUT2D eigenvalue weighted by atomic mass is 9.88. The van der Waals surface area contributed by atoms with Crippen LogP contribution in [0.15, 0.2) is 37.1 Å². The van der Waals surface area contributed by atoms with Crippen molar-refractivity contribution in [2.75, 3.05) is 25.0 Å². The van der Waals surface area contributed by atoms with Gasteiger partial charge in [-0.25, -0.2) is 19.7 Å². The highest BCUT2D eigenvalue weighted by Gasteiger charge is 2.45. The van der Waals surface area contributed by atoms with Gasteiger partial charge < -0.3 is 20.1 Å². The van der Waals surface area contributed by atoms with E-state index < -0.39 is 12.1 Å². The van der Waals surface area contributed by atoms with Crippen LogP contribution in [-0.2, 0) is 9.53 Å². The average Bonchev–Trinajstić information content (AvgIpc) is 3.15. The molecule has 2 aliphatic heterocycles. The van der Waals surface area contributed by atoms with Gasteiger partial charge in [0.2, 0.25) is 5.95 Å². The molecule has 1 amide bonds. The van der Waals surface area contributed by atoms with Gasteiger partial charge >= 0.3 is 12.1 Å². The second kappa shape index (κ2) is 9.85. The summed E-state index contributed by atoms with van der Waals surface area (Å²) in [6.07, 6.45) is 5.65. The molecule has 1 spiro atoms. The van der Waals surface area contributed by atoms with E-state index in [-0.39, 0.29) is 17.6 Å². The highest BCUT2D eigenvalue weighted by molar-refractivity contribution is 5.92. The van der Waals surface area contributed by atoms with E-state index in [4.69, 9.17) is 14.6 Å². The number of anilines is 1. The maximum Gasteiger partial charge on any atom is 0.490 e. The number of carboxylic acids is 1. The normalized spacial score (nSPS) is 22.7. The quantitative estimate of drug-likeness (QED) is 0.712. The predicted octanol–water partition coefficient (Wildman–Crippen LogP) is 1.78. The van der Waals surface area contributed by atoms with Crippen LogP contribution in [0.5, 0.6) is 0 Å². The molecular weight excluding hydrogens is 433 g/mol. The zero-order valence-electron chi connectivity index (χ0n) is 16.8. The summed E-state index contributed by atoms with van der Waals surface area (Å²) >= 11 is 0. The summed E-state index contributed by atoms with van der Waals surface area (Å²) in [7, 11) is 0. The first kappa shape index (κ1) is 23.3. The van der Waals surface area contributed by atoms with Gasteiger partial charge in [-0.1, -0.05) is 0 Å². The molecule has 2 atom stereocenters. The SMILES string of the molecule is O=C(O)C(F)(F)F.O=C(c1cnccn1)N1CCCC2(CC(Nc3ncccn3)CO2)C1. The Bertz CT molecular complexity index is 918. The van der Waals surface area contributed by atoms with E-state index in [9.17, 15) is 18.0 Å². The Labute approximate surface area is 180 Å². The third kappa shape index (κ3) is 6.09. The van der Waals surface area contributed by atoms with Gasteiger partial charge in [0.05, 0.1) is 31.0 Å². The predicted molar refractivity (Wildman–Crippen MR) is 104 cm³/mol. The fourth-order valence-electron chi connectivity index (χ4n) is 3.62. The van der Waals surface area contributed by atoms with Crippen LogP contribution in [0.1, 0.15) is 29.8 Å². The molecule has 4 heterocycles. The number of piperidine rings is 1. The van der Waals surface area contributed by atoms with Crippen molar-refractivity contribution in [1.29, 1.82) is 0 Å². The molecule has 0 aromatic carbocycles. The molecule has 2 aliphatic rings. The molecule has 13 heteroatoms. The summed E-state index contributed by atoms with van der Waals surface area (Å²) in [6, 6.07) is 1.93. The lowest BCUT2D eigenvalue weighted by molar-refractivity contribution is -0.192. The summed E-state index contributed by atoms with van der Waals surface area (Å²) in [5.74, 6) is -2.23. The van der Waals surface area contributed by atoms with Gasteiger partial charge in [0.25, 0.3) is 5.91 Å². The van der Waals surface area contributed by atoms with E-state index in [0.717, 1.165) is 25.8 Å². The largest absolute Gasteiger partial charge is 0.490 e. The Balaban J connectivity index is 0.000000360. The van der Waals surface area contributed by atoms with Crippen molar-refractivity contribution in [3.8, 4) is 0 Å². The number of nitrogens with zero attached hydrogens (tertiary/aromatic N) is 5. The van der Waals surface area contributed by atoms with Crippen molar-refractivity contribution in [3.05, 3.63) is 42.7 Å². The maximum absolute atomic E-state index is 12.6. The molecule has 0 radical (unpaired) electrons. The molecule has 2 unspecified atom stereocenters. The van der Waals surface area contributed by atoms with Crippen LogP contribution in [0.25, 0.3) is 0 Å². The summed E-state index contributed by atoms with van der Waals surface area (Å²) in [4.78, 5) is 39.9. The van der Waals surface area contributed by atoms with Gasteiger partial charge in [-0.2, -0.15) is 13.2 Å². The molecule has 2 fully saturated rings. The molecule has 32 heavy (non-hydrogen) atoms. The van der Waals surface area contributed by atoms with Crippen molar-refractivity contribution in [3.63, 3.8) is 0 Å². The molecule has 0 saturated carbocycles. The third-order valence-electron chi connectivity index (χ3n) is 4.96. The number of aliphatic carboxylic acids is 1. The molecular formula is C19H21F3N6O4. The number of likely N-dealkylation sites (tertiary alicyclic amines) is 1. The number of rotatable bonds is 3. The van der Waals surface area contributed by atoms with E-state index >= 15 is 0 Å². The second-order valence-corrected chi connectivity index (χ2v) is 7.34. The van der Waals surface area contributed by atoms with Crippen molar-refractivity contribution in [2.24, 2.45) is 0 Å². The first-order valence-electron chi connectivity index (χ1n) is 9.71. The Morgan fingerprint density at radius 1 is 1.19 bits per heavy atom. The minimum absolute atomic E-state index is 0.0847. The Morgan fingerprint density at radius 3 is 2.53 bits per heavy atom. The first-order chi connectivity index (χ1) is 15.2. The number of nitrogens with one attached hydrogen (secondary N) is 1. The first-order valence-corrected chi connectivity index (χ1v) is 9.71. The number of alkyl halides is 3. The van der Waals surface area contributed by atoms with E-state index in [0.29, 0.717) is 24.8 Å². The minimum atomic E-state index is -5.08. The number of carbonyl (C=O) groups is 2. The molecule has 2 N–H and O–H groups in total. The summed E-state index contributed by atoms with van der Waals surface area (Å²) in [6.45, 7) is 1.89. The topological polar surface area (TPSA) is 130 Å². The fourth-order valence-corrected chi connectivity index (χ4v) is 3.62. The summed E-state index contributed by atoms with van der Waals surface area (Å²) in [5, 5.41) is 10.4. The highest BCUT2D eigenvalue weighted by atomic mass is 19.4. The van der Waals surface area contributed by atoms with E-state index in [1.54, 1.807) is 30.9 Å². The van der Waals surface area contributed by atoms with Gasteiger partial charge in [0.1, 0.15) is 5.69 Å². The Hall–Kier alpha value is -3.35. The van der Waals surface area contributed by atoms with E-state index in [2.05, 4.69) is 25.3 Å². The van der Waals surface area contributed by atoms with Crippen LogP contribution in [0.4, 0.5) is 19.1 Å². The van der Waals surface area contributed by atoms with Crippen molar-refractivity contribution >= 4 is 17.8 Å². The van der Waals surface area contributed by atoms with Crippen molar-refractivity contribution in [2.45, 2.75) is 37.1 Å². The van der Waals surface area contributed by atoms with Crippen molar-refractivity contribution in [1.82, 2.24) is 24.8 Å². The van der Waals surface area contributed by atoms with Crippen LogP contribution in [-0.4, -0.2) is 79.3 Å². The average molecular weight is 454 g/mol. The molecule has 172 valence electrons. The number of hydrogen-bond acceptors (Lipinski definition) is 8. The van der Waals surface area contributed by atoms with E-state index in [1.807, 2.05) is 4.90 Å². The number of halogens is 3. The number of amides is 1. The monoisotopic (exact) mass is 454 g/mol. The van der Waals surface area contributed by atoms with E-state index in [1.165, 1.54) is 6.20 Å². The highest BCUT2D eigenvalue weighted by Crippen LogP contribution is 2.35. The molecule has 4 rings (SSSR count). The minimum Gasteiger partial charge on any atom is -0.475 e. The van der Waals surface area contributed by atoms with Crippen LogP contribution < -0.4 is 5.32 Å². The zero-order valence-corrected chi connectivity index (χ0v) is 16.8.